The highest BCUT2D eigenvalue weighted by atomic mass is 16.6. The van der Waals surface area contributed by atoms with Gasteiger partial charge >= 0.3 is 0 Å². The van der Waals surface area contributed by atoms with E-state index >= 15 is 0 Å². The molecule has 1 aliphatic rings. The lowest BCUT2D eigenvalue weighted by atomic mass is 10.1. The first kappa shape index (κ1) is 12.3. The number of nitrogens with zero attached hydrogens (tertiary/aromatic N) is 3. The SMILES string of the molecule is O=[N+]([O-])c1cccc(C2=NN(c3ccccc3)CC2)c1. The molecule has 1 aliphatic heterocycles. The van der Waals surface area contributed by atoms with Gasteiger partial charge in [-0.25, -0.2) is 0 Å². The summed E-state index contributed by atoms with van der Waals surface area (Å²) < 4.78 is 0. The summed E-state index contributed by atoms with van der Waals surface area (Å²) in [5.74, 6) is 0. The summed E-state index contributed by atoms with van der Waals surface area (Å²) in [5.41, 5.74) is 2.84. The average molecular weight is 267 g/mol. The number of benzene rings is 2. The van der Waals surface area contributed by atoms with Crippen molar-refractivity contribution in [1.29, 1.82) is 0 Å². The monoisotopic (exact) mass is 267 g/mol. The van der Waals surface area contributed by atoms with Crippen LogP contribution < -0.4 is 5.01 Å². The van der Waals surface area contributed by atoms with Crippen LogP contribution in [0.1, 0.15) is 12.0 Å². The molecule has 0 bridgehead atoms. The molecule has 20 heavy (non-hydrogen) atoms. The molecule has 0 unspecified atom stereocenters. The van der Waals surface area contributed by atoms with Crippen molar-refractivity contribution in [3.8, 4) is 0 Å². The molecule has 0 spiro atoms. The second-order valence-electron chi connectivity index (χ2n) is 4.56. The zero-order chi connectivity index (χ0) is 13.9. The van der Waals surface area contributed by atoms with Crippen molar-refractivity contribution in [2.75, 3.05) is 11.6 Å². The Hall–Kier alpha value is -2.69. The van der Waals surface area contributed by atoms with Crippen molar-refractivity contribution in [3.05, 3.63) is 70.3 Å². The van der Waals surface area contributed by atoms with E-state index in [0.717, 1.165) is 29.9 Å². The molecule has 0 saturated heterocycles. The minimum atomic E-state index is -0.381. The number of rotatable bonds is 3. The van der Waals surface area contributed by atoms with Gasteiger partial charge in [-0.2, -0.15) is 5.10 Å². The zero-order valence-corrected chi connectivity index (χ0v) is 10.8. The molecule has 5 nitrogen and oxygen atoms in total. The fraction of sp³-hybridized carbons (Fsp3) is 0.133. The van der Waals surface area contributed by atoms with Crippen molar-refractivity contribution in [1.82, 2.24) is 0 Å². The summed E-state index contributed by atoms with van der Waals surface area (Å²) in [4.78, 5) is 10.4. The van der Waals surface area contributed by atoms with E-state index in [1.54, 1.807) is 12.1 Å². The smallest absolute Gasteiger partial charge is 0.265 e. The first-order chi connectivity index (χ1) is 9.74. The number of nitro groups is 1. The highest BCUT2D eigenvalue weighted by Gasteiger charge is 2.18. The third-order valence-corrected chi connectivity index (χ3v) is 3.25. The van der Waals surface area contributed by atoms with Crippen molar-refractivity contribution < 1.29 is 4.92 Å². The Kier molecular flexibility index (Phi) is 3.16. The van der Waals surface area contributed by atoms with E-state index < -0.39 is 0 Å². The van der Waals surface area contributed by atoms with Gasteiger partial charge in [0.15, 0.2) is 0 Å². The Morgan fingerprint density at radius 1 is 1.10 bits per heavy atom. The summed E-state index contributed by atoms with van der Waals surface area (Å²) in [6, 6.07) is 16.5. The number of non-ortho nitro benzene ring substituents is 1. The van der Waals surface area contributed by atoms with Crippen LogP contribution >= 0.6 is 0 Å². The molecule has 0 radical (unpaired) electrons. The van der Waals surface area contributed by atoms with Crippen LogP contribution in [0.2, 0.25) is 0 Å². The fourth-order valence-electron chi connectivity index (χ4n) is 2.25. The molecule has 0 atom stereocenters. The van der Waals surface area contributed by atoms with E-state index in [1.807, 2.05) is 41.4 Å². The molecule has 0 aliphatic carbocycles. The van der Waals surface area contributed by atoms with Gasteiger partial charge in [0.1, 0.15) is 0 Å². The lowest BCUT2D eigenvalue weighted by Gasteiger charge is -2.12. The molecular weight excluding hydrogens is 254 g/mol. The van der Waals surface area contributed by atoms with Gasteiger partial charge in [-0.3, -0.25) is 15.1 Å². The molecule has 0 N–H and O–H groups in total. The van der Waals surface area contributed by atoms with E-state index in [1.165, 1.54) is 6.07 Å². The summed E-state index contributed by atoms with van der Waals surface area (Å²) in [5, 5.41) is 17.3. The summed E-state index contributed by atoms with van der Waals surface area (Å²) in [6.45, 7) is 0.794. The number of hydrogen-bond acceptors (Lipinski definition) is 4. The number of anilines is 1. The van der Waals surface area contributed by atoms with E-state index in [-0.39, 0.29) is 10.6 Å². The minimum absolute atomic E-state index is 0.100. The molecule has 0 saturated carbocycles. The zero-order valence-electron chi connectivity index (χ0n) is 10.8. The van der Waals surface area contributed by atoms with Crippen LogP contribution in [0.5, 0.6) is 0 Å². The summed E-state index contributed by atoms with van der Waals surface area (Å²) >= 11 is 0. The lowest BCUT2D eigenvalue weighted by molar-refractivity contribution is -0.384. The van der Waals surface area contributed by atoms with Crippen LogP contribution in [-0.4, -0.2) is 17.2 Å². The molecule has 2 aromatic rings. The molecule has 0 amide bonds. The highest BCUT2D eigenvalue weighted by molar-refractivity contribution is 6.03. The van der Waals surface area contributed by atoms with Gasteiger partial charge in [-0.15, -0.1) is 0 Å². The number of hydrogen-bond donors (Lipinski definition) is 0. The van der Waals surface area contributed by atoms with E-state index in [2.05, 4.69) is 5.10 Å². The van der Waals surface area contributed by atoms with Crippen LogP contribution in [0.25, 0.3) is 0 Å². The van der Waals surface area contributed by atoms with E-state index in [4.69, 9.17) is 0 Å². The van der Waals surface area contributed by atoms with Gasteiger partial charge in [0.2, 0.25) is 0 Å². The number of nitro benzene ring substituents is 1. The van der Waals surface area contributed by atoms with Crippen LogP contribution in [0, 0.1) is 10.1 Å². The molecule has 3 rings (SSSR count). The third-order valence-electron chi connectivity index (χ3n) is 3.25. The van der Waals surface area contributed by atoms with Gasteiger partial charge in [-0.05, 0) is 12.1 Å². The standard InChI is InChI=1S/C15H13N3O2/c19-18(20)14-8-4-5-12(11-14)15-9-10-17(16-15)13-6-2-1-3-7-13/h1-8,11H,9-10H2. The highest BCUT2D eigenvalue weighted by Crippen LogP contribution is 2.22. The first-order valence-corrected chi connectivity index (χ1v) is 6.39. The lowest BCUT2D eigenvalue weighted by Crippen LogP contribution is -2.11. The Morgan fingerprint density at radius 2 is 1.90 bits per heavy atom. The third kappa shape index (κ3) is 2.38. The molecule has 100 valence electrons. The minimum Gasteiger partial charge on any atom is -0.265 e. The van der Waals surface area contributed by atoms with Crippen LogP contribution in [0.3, 0.4) is 0 Å². The maximum atomic E-state index is 10.8. The maximum absolute atomic E-state index is 10.8. The Morgan fingerprint density at radius 3 is 2.65 bits per heavy atom. The topological polar surface area (TPSA) is 58.7 Å². The maximum Gasteiger partial charge on any atom is 0.270 e. The number of hydrazone groups is 1. The van der Waals surface area contributed by atoms with E-state index in [0.29, 0.717) is 0 Å². The quantitative estimate of drug-likeness (QED) is 0.633. The summed E-state index contributed by atoms with van der Waals surface area (Å²) in [6.07, 6.45) is 0.788. The molecular formula is C15H13N3O2. The van der Waals surface area contributed by atoms with Crippen molar-refractivity contribution >= 4 is 17.1 Å². The van der Waals surface area contributed by atoms with Gasteiger partial charge in [0, 0.05) is 30.7 Å². The van der Waals surface area contributed by atoms with E-state index in [9.17, 15) is 10.1 Å². The summed E-state index contributed by atoms with van der Waals surface area (Å²) in [7, 11) is 0. The molecule has 2 aromatic carbocycles. The number of para-hydroxylation sites is 1. The van der Waals surface area contributed by atoms with Gasteiger partial charge in [-0.1, -0.05) is 30.3 Å². The second-order valence-corrected chi connectivity index (χ2v) is 4.56. The average Bonchev–Trinajstić information content (AvgIpc) is 2.98. The van der Waals surface area contributed by atoms with Crippen molar-refractivity contribution in [2.24, 2.45) is 5.10 Å². The van der Waals surface area contributed by atoms with Crippen LogP contribution in [0.4, 0.5) is 11.4 Å². The molecule has 5 heteroatoms. The van der Waals surface area contributed by atoms with Crippen LogP contribution in [0.15, 0.2) is 59.7 Å². The fourth-order valence-corrected chi connectivity index (χ4v) is 2.25. The molecule has 0 aromatic heterocycles. The van der Waals surface area contributed by atoms with Gasteiger partial charge in [0.05, 0.1) is 16.3 Å². The van der Waals surface area contributed by atoms with Crippen molar-refractivity contribution in [2.45, 2.75) is 6.42 Å². The second kappa shape index (κ2) is 5.13. The molecule has 1 heterocycles. The normalized spacial score (nSPS) is 14.2. The largest absolute Gasteiger partial charge is 0.270 e. The Bertz CT molecular complexity index is 668. The molecule has 0 fully saturated rings. The van der Waals surface area contributed by atoms with Gasteiger partial charge in [0.25, 0.3) is 5.69 Å². The van der Waals surface area contributed by atoms with Crippen LogP contribution in [-0.2, 0) is 0 Å². The Labute approximate surface area is 116 Å². The Balaban J connectivity index is 1.89. The predicted octanol–water partition coefficient (Wildman–Crippen LogP) is 3.21. The van der Waals surface area contributed by atoms with Crippen molar-refractivity contribution in [3.63, 3.8) is 0 Å². The predicted molar refractivity (Wildman–Crippen MR) is 78.0 cm³/mol. The van der Waals surface area contributed by atoms with Gasteiger partial charge < -0.3 is 0 Å². The first-order valence-electron chi connectivity index (χ1n) is 6.39.